The van der Waals surface area contributed by atoms with Gasteiger partial charge in [0.15, 0.2) is 5.69 Å². The summed E-state index contributed by atoms with van der Waals surface area (Å²) < 4.78 is 10.6. The third-order valence-corrected chi connectivity index (χ3v) is 6.16. The SMILES string of the molecule is CCOC(=O)c1coc(N2CCC3(CC2)C[C@@H](c2ccccc2)CN(C)C3)n1. The van der Waals surface area contributed by atoms with E-state index in [0.717, 1.165) is 39.0 Å². The maximum atomic E-state index is 11.8. The van der Waals surface area contributed by atoms with E-state index in [2.05, 4.69) is 52.2 Å². The van der Waals surface area contributed by atoms with Gasteiger partial charge in [0, 0.05) is 26.2 Å². The van der Waals surface area contributed by atoms with Gasteiger partial charge in [0.2, 0.25) is 0 Å². The fourth-order valence-electron chi connectivity index (χ4n) is 4.86. The van der Waals surface area contributed by atoms with Gasteiger partial charge in [-0.05, 0) is 50.1 Å². The molecule has 0 unspecified atom stereocenters. The summed E-state index contributed by atoms with van der Waals surface area (Å²) in [7, 11) is 2.24. The smallest absolute Gasteiger partial charge is 0.360 e. The normalized spacial score (nSPS) is 22.4. The zero-order valence-corrected chi connectivity index (χ0v) is 16.8. The van der Waals surface area contributed by atoms with Gasteiger partial charge in [-0.25, -0.2) is 4.79 Å². The summed E-state index contributed by atoms with van der Waals surface area (Å²) in [4.78, 5) is 20.8. The summed E-state index contributed by atoms with van der Waals surface area (Å²) in [5, 5.41) is 0. The molecule has 6 nitrogen and oxygen atoms in total. The first-order chi connectivity index (χ1) is 13.6. The van der Waals surface area contributed by atoms with Crippen molar-refractivity contribution in [2.24, 2.45) is 5.41 Å². The molecule has 1 aromatic carbocycles. The second kappa shape index (κ2) is 7.95. The molecule has 0 amide bonds. The molecular weight excluding hydrogens is 354 g/mol. The molecule has 0 saturated carbocycles. The van der Waals surface area contributed by atoms with E-state index in [-0.39, 0.29) is 5.69 Å². The molecule has 2 fully saturated rings. The Morgan fingerprint density at radius 1 is 1.29 bits per heavy atom. The van der Waals surface area contributed by atoms with Crippen LogP contribution in [0.25, 0.3) is 0 Å². The van der Waals surface area contributed by atoms with Crippen molar-refractivity contribution in [1.82, 2.24) is 9.88 Å². The molecule has 150 valence electrons. The highest BCUT2D eigenvalue weighted by Crippen LogP contribution is 2.45. The number of piperidine rings is 2. The molecule has 3 heterocycles. The number of carbonyl (C=O) groups excluding carboxylic acids is 1. The van der Waals surface area contributed by atoms with E-state index in [1.54, 1.807) is 6.92 Å². The molecule has 2 aliphatic rings. The van der Waals surface area contributed by atoms with Crippen LogP contribution in [0.3, 0.4) is 0 Å². The Hall–Kier alpha value is -2.34. The lowest BCUT2D eigenvalue weighted by Crippen LogP contribution is -2.50. The number of carbonyl (C=O) groups is 1. The van der Waals surface area contributed by atoms with E-state index in [0.29, 0.717) is 24.0 Å². The quantitative estimate of drug-likeness (QED) is 0.753. The fourth-order valence-corrected chi connectivity index (χ4v) is 4.86. The predicted octanol–water partition coefficient (Wildman–Crippen LogP) is 3.56. The van der Waals surface area contributed by atoms with Crippen LogP contribution >= 0.6 is 0 Å². The lowest BCUT2D eigenvalue weighted by Gasteiger charge is -2.49. The Balaban J connectivity index is 1.42. The van der Waals surface area contributed by atoms with Gasteiger partial charge in [-0.15, -0.1) is 0 Å². The first-order valence-electron chi connectivity index (χ1n) is 10.2. The Morgan fingerprint density at radius 3 is 2.75 bits per heavy atom. The van der Waals surface area contributed by atoms with Gasteiger partial charge < -0.3 is 19.0 Å². The molecule has 0 bridgehead atoms. The van der Waals surface area contributed by atoms with Gasteiger partial charge >= 0.3 is 5.97 Å². The van der Waals surface area contributed by atoms with Crippen molar-refractivity contribution >= 4 is 12.0 Å². The number of anilines is 1. The highest BCUT2D eigenvalue weighted by molar-refractivity contribution is 5.87. The molecule has 0 N–H and O–H groups in total. The minimum Gasteiger partial charge on any atom is -0.461 e. The number of hydrogen-bond donors (Lipinski definition) is 0. The largest absolute Gasteiger partial charge is 0.461 e. The van der Waals surface area contributed by atoms with Crippen LogP contribution < -0.4 is 4.90 Å². The fraction of sp³-hybridized carbons (Fsp3) is 0.545. The number of hydrogen-bond acceptors (Lipinski definition) is 6. The highest BCUT2D eigenvalue weighted by Gasteiger charge is 2.42. The zero-order chi connectivity index (χ0) is 19.6. The Bertz CT molecular complexity index is 796. The number of likely N-dealkylation sites (N-methyl/N-ethyl adjacent to an activating group) is 1. The third-order valence-electron chi connectivity index (χ3n) is 6.16. The molecule has 2 aliphatic heterocycles. The molecule has 6 heteroatoms. The second-order valence-electron chi connectivity index (χ2n) is 8.23. The van der Waals surface area contributed by atoms with E-state index in [4.69, 9.17) is 9.15 Å². The van der Waals surface area contributed by atoms with E-state index < -0.39 is 5.97 Å². The molecule has 2 saturated heterocycles. The van der Waals surface area contributed by atoms with Gasteiger partial charge in [-0.3, -0.25) is 0 Å². The summed E-state index contributed by atoms with van der Waals surface area (Å²) in [6.45, 7) is 6.19. The Kier molecular flexibility index (Phi) is 5.40. The van der Waals surface area contributed by atoms with Crippen molar-refractivity contribution in [2.45, 2.75) is 32.1 Å². The number of oxazole rings is 1. The van der Waals surface area contributed by atoms with E-state index in [1.807, 2.05) is 0 Å². The first-order valence-corrected chi connectivity index (χ1v) is 10.2. The molecule has 28 heavy (non-hydrogen) atoms. The number of esters is 1. The van der Waals surface area contributed by atoms with Crippen molar-refractivity contribution < 1.29 is 13.9 Å². The van der Waals surface area contributed by atoms with Crippen LogP contribution in [0.4, 0.5) is 6.01 Å². The highest BCUT2D eigenvalue weighted by atomic mass is 16.5. The maximum Gasteiger partial charge on any atom is 0.360 e. The van der Waals surface area contributed by atoms with Crippen molar-refractivity contribution in [1.29, 1.82) is 0 Å². The molecule has 4 rings (SSSR count). The van der Waals surface area contributed by atoms with Crippen LogP contribution in [-0.4, -0.2) is 55.7 Å². The van der Waals surface area contributed by atoms with E-state index in [1.165, 1.54) is 18.2 Å². The van der Waals surface area contributed by atoms with Crippen molar-refractivity contribution in [2.75, 3.05) is 44.7 Å². The van der Waals surface area contributed by atoms with Crippen LogP contribution in [0.15, 0.2) is 41.0 Å². The van der Waals surface area contributed by atoms with Gasteiger partial charge in [-0.1, -0.05) is 30.3 Å². The van der Waals surface area contributed by atoms with Gasteiger partial charge in [-0.2, -0.15) is 4.98 Å². The molecule has 2 aromatic rings. The maximum absolute atomic E-state index is 11.8. The average molecular weight is 383 g/mol. The molecule has 0 aliphatic carbocycles. The molecular formula is C22H29N3O3. The van der Waals surface area contributed by atoms with Crippen LogP contribution in [0.5, 0.6) is 0 Å². The number of nitrogens with zero attached hydrogens (tertiary/aromatic N) is 3. The number of likely N-dealkylation sites (tertiary alicyclic amines) is 1. The van der Waals surface area contributed by atoms with Crippen LogP contribution in [0, 0.1) is 5.41 Å². The number of rotatable bonds is 4. The Labute approximate surface area is 166 Å². The lowest BCUT2D eigenvalue weighted by atomic mass is 9.68. The minimum atomic E-state index is -0.425. The van der Waals surface area contributed by atoms with E-state index >= 15 is 0 Å². The topological polar surface area (TPSA) is 58.8 Å². The summed E-state index contributed by atoms with van der Waals surface area (Å²) in [5.74, 6) is 0.161. The number of benzene rings is 1. The molecule has 1 atom stereocenters. The molecule has 0 radical (unpaired) electrons. The van der Waals surface area contributed by atoms with Crippen LogP contribution in [0.2, 0.25) is 0 Å². The van der Waals surface area contributed by atoms with Crippen molar-refractivity contribution in [3.63, 3.8) is 0 Å². The summed E-state index contributed by atoms with van der Waals surface area (Å²) >= 11 is 0. The Morgan fingerprint density at radius 2 is 2.04 bits per heavy atom. The minimum absolute atomic E-state index is 0.249. The zero-order valence-electron chi connectivity index (χ0n) is 16.8. The van der Waals surface area contributed by atoms with Crippen molar-refractivity contribution in [3.05, 3.63) is 47.9 Å². The second-order valence-corrected chi connectivity index (χ2v) is 8.23. The third kappa shape index (κ3) is 3.92. The van der Waals surface area contributed by atoms with Gasteiger partial charge in [0.25, 0.3) is 6.01 Å². The van der Waals surface area contributed by atoms with E-state index in [9.17, 15) is 4.79 Å². The standard InChI is InChI=1S/C22H29N3O3/c1-3-27-20(26)19-15-28-21(23-19)25-11-9-22(10-12-25)13-18(14-24(2)16-22)17-7-5-4-6-8-17/h4-8,15,18H,3,9-14,16H2,1-2H3/t18-/m1/s1. The first kappa shape index (κ1) is 19.0. The summed E-state index contributed by atoms with van der Waals surface area (Å²) in [5.41, 5.74) is 2.03. The van der Waals surface area contributed by atoms with Crippen LogP contribution in [-0.2, 0) is 4.74 Å². The summed E-state index contributed by atoms with van der Waals surface area (Å²) in [6.07, 6.45) is 4.85. The van der Waals surface area contributed by atoms with Crippen molar-refractivity contribution in [3.8, 4) is 0 Å². The number of aromatic nitrogens is 1. The lowest BCUT2D eigenvalue weighted by molar-refractivity contribution is 0.0519. The predicted molar refractivity (Wildman–Crippen MR) is 108 cm³/mol. The summed E-state index contributed by atoms with van der Waals surface area (Å²) in [6, 6.07) is 11.4. The number of ether oxygens (including phenoxy) is 1. The van der Waals surface area contributed by atoms with Gasteiger partial charge in [0.05, 0.1) is 6.61 Å². The van der Waals surface area contributed by atoms with Gasteiger partial charge in [0.1, 0.15) is 6.26 Å². The molecule has 1 spiro atoms. The average Bonchev–Trinajstić information content (AvgIpc) is 3.19. The molecule has 1 aromatic heterocycles. The van der Waals surface area contributed by atoms with Crippen LogP contribution in [0.1, 0.15) is 48.2 Å². The monoisotopic (exact) mass is 383 g/mol.